The number of fused-ring (bicyclic) bond motifs is 1. The Balaban J connectivity index is 1.44. The first kappa shape index (κ1) is 24.5. The summed E-state index contributed by atoms with van der Waals surface area (Å²) >= 11 is 0. The molecule has 12 heteroatoms. The van der Waals surface area contributed by atoms with Crippen LogP contribution in [-0.4, -0.2) is 72.8 Å². The lowest BCUT2D eigenvalue weighted by atomic mass is 10.0. The molecular formula is C21H29F3N6O3. The summed E-state index contributed by atoms with van der Waals surface area (Å²) in [5, 5.41) is 0. The van der Waals surface area contributed by atoms with E-state index >= 15 is 0 Å². The van der Waals surface area contributed by atoms with Gasteiger partial charge in [-0.3, -0.25) is 10.6 Å². The summed E-state index contributed by atoms with van der Waals surface area (Å²) in [5.41, 5.74) is 9.19. The molecule has 2 aliphatic heterocycles. The van der Waals surface area contributed by atoms with Gasteiger partial charge in [-0.05, 0) is 24.1 Å². The molecule has 2 atom stereocenters. The van der Waals surface area contributed by atoms with E-state index in [0.717, 1.165) is 5.56 Å². The van der Waals surface area contributed by atoms with Crippen LogP contribution in [0.1, 0.15) is 12.0 Å². The van der Waals surface area contributed by atoms with Crippen molar-refractivity contribution >= 4 is 11.9 Å². The number of halogens is 3. The number of likely N-dealkylation sites (tertiary alicyclic amines) is 2. The minimum absolute atomic E-state index is 0.00163. The Hall–Kier alpha value is -3.15. The van der Waals surface area contributed by atoms with Crippen molar-refractivity contribution in [2.45, 2.75) is 19.2 Å². The number of nitrogens with zero attached hydrogens (tertiary/aromatic N) is 3. The van der Waals surface area contributed by atoms with Crippen molar-refractivity contribution in [2.24, 2.45) is 23.4 Å². The zero-order valence-electron chi connectivity index (χ0n) is 18.3. The van der Waals surface area contributed by atoms with Crippen molar-refractivity contribution in [1.29, 1.82) is 0 Å². The van der Waals surface area contributed by atoms with Crippen LogP contribution in [0, 0.1) is 11.8 Å². The van der Waals surface area contributed by atoms with Crippen molar-refractivity contribution in [2.75, 3.05) is 39.8 Å². The molecule has 1 aromatic rings. The molecule has 182 valence electrons. The van der Waals surface area contributed by atoms with Crippen LogP contribution in [0.15, 0.2) is 36.2 Å². The number of amides is 3. The largest absolute Gasteiger partial charge is 0.573 e. The van der Waals surface area contributed by atoms with Gasteiger partial charge in [0.1, 0.15) is 5.75 Å². The van der Waals surface area contributed by atoms with Gasteiger partial charge in [0.15, 0.2) is 0 Å². The number of hydrogen-bond donors (Lipinski definition) is 3. The molecule has 3 rings (SSSR count). The van der Waals surface area contributed by atoms with Crippen LogP contribution < -0.4 is 21.7 Å². The van der Waals surface area contributed by atoms with Gasteiger partial charge in [0.25, 0.3) is 0 Å². The summed E-state index contributed by atoms with van der Waals surface area (Å²) < 4.78 is 40.6. The molecule has 0 spiro atoms. The number of alkyl halides is 3. The van der Waals surface area contributed by atoms with E-state index in [2.05, 4.69) is 10.2 Å². The fourth-order valence-electron chi connectivity index (χ4n) is 4.33. The highest BCUT2D eigenvalue weighted by molar-refractivity contribution is 5.77. The molecule has 9 nitrogen and oxygen atoms in total. The number of likely N-dealkylation sites (N-methyl/N-ethyl adjacent to an activating group) is 1. The molecule has 0 radical (unpaired) electrons. The lowest BCUT2D eigenvalue weighted by Crippen LogP contribution is -2.44. The van der Waals surface area contributed by atoms with E-state index in [-0.39, 0.29) is 42.5 Å². The minimum atomic E-state index is -4.73. The quantitative estimate of drug-likeness (QED) is 0.408. The molecule has 2 aliphatic rings. The van der Waals surface area contributed by atoms with Crippen molar-refractivity contribution < 1.29 is 27.5 Å². The molecule has 33 heavy (non-hydrogen) atoms. The third kappa shape index (κ3) is 6.44. The van der Waals surface area contributed by atoms with Crippen LogP contribution in [0.3, 0.4) is 0 Å². The highest BCUT2D eigenvalue weighted by atomic mass is 19.4. The lowest BCUT2D eigenvalue weighted by molar-refractivity contribution is -0.274. The number of rotatable bonds is 7. The predicted octanol–water partition coefficient (Wildman–Crippen LogP) is 1.22. The van der Waals surface area contributed by atoms with Gasteiger partial charge in [-0.15, -0.1) is 13.2 Å². The molecule has 1 unspecified atom stereocenters. The predicted molar refractivity (Wildman–Crippen MR) is 114 cm³/mol. The molecule has 0 bridgehead atoms. The van der Waals surface area contributed by atoms with Crippen LogP contribution in [0.4, 0.5) is 18.0 Å². The molecule has 5 N–H and O–H groups in total. The summed E-state index contributed by atoms with van der Waals surface area (Å²) in [6, 6.07) is 5.42. The molecule has 2 saturated heterocycles. The SMILES string of the molecule is CN(C/C(=C/N)NN)C(=O)N1CC2CN(C(=O)CCc3ccc(OC(F)(F)F)cc3)C[C@H]2C1. The maximum Gasteiger partial charge on any atom is 0.573 e. The second-order valence-corrected chi connectivity index (χ2v) is 8.39. The Morgan fingerprint density at radius 3 is 2.24 bits per heavy atom. The number of carbonyl (C=O) groups excluding carboxylic acids is 2. The van der Waals surface area contributed by atoms with E-state index in [4.69, 9.17) is 11.6 Å². The van der Waals surface area contributed by atoms with Crippen molar-refractivity contribution in [1.82, 2.24) is 20.1 Å². The normalized spacial score (nSPS) is 20.6. The van der Waals surface area contributed by atoms with Crippen LogP contribution >= 0.6 is 0 Å². The number of ether oxygens (including phenoxy) is 1. The average molecular weight is 470 g/mol. The maximum absolute atomic E-state index is 12.7. The van der Waals surface area contributed by atoms with Crippen LogP contribution in [0.5, 0.6) is 5.75 Å². The molecule has 3 amide bonds. The van der Waals surface area contributed by atoms with Gasteiger partial charge < -0.3 is 30.6 Å². The van der Waals surface area contributed by atoms with Crippen LogP contribution in [0.2, 0.25) is 0 Å². The molecular weight excluding hydrogens is 441 g/mol. The summed E-state index contributed by atoms with van der Waals surface area (Å²) in [6.45, 7) is 2.61. The number of hydrazine groups is 1. The molecule has 2 heterocycles. The Morgan fingerprint density at radius 1 is 1.15 bits per heavy atom. The fraction of sp³-hybridized carbons (Fsp3) is 0.524. The molecule has 0 aromatic heterocycles. The van der Waals surface area contributed by atoms with Gasteiger partial charge in [-0.25, -0.2) is 4.79 Å². The third-order valence-corrected chi connectivity index (χ3v) is 6.01. The molecule has 1 aromatic carbocycles. The maximum atomic E-state index is 12.7. The number of hydrogen-bond acceptors (Lipinski definition) is 6. The van der Waals surface area contributed by atoms with Crippen LogP contribution in [0.25, 0.3) is 0 Å². The first-order valence-electron chi connectivity index (χ1n) is 10.6. The molecule has 0 saturated carbocycles. The fourth-order valence-corrected chi connectivity index (χ4v) is 4.33. The monoisotopic (exact) mass is 470 g/mol. The minimum Gasteiger partial charge on any atom is -0.406 e. The topological polar surface area (TPSA) is 117 Å². The van der Waals surface area contributed by atoms with E-state index in [0.29, 0.717) is 38.3 Å². The smallest absolute Gasteiger partial charge is 0.406 e. The van der Waals surface area contributed by atoms with Crippen molar-refractivity contribution in [3.8, 4) is 5.75 Å². The van der Waals surface area contributed by atoms with E-state index in [9.17, 15) is 22.8 Å². The van der Waals surface area contributed by atoms with Gasteiger partial charge in [0, 0.05) is 57.7 Å². The van der Waals surface area contributed by atoms with Crippen molar-refractivity contribution in [3.63, 3.8) is 0 Å². The Kier molecular flexibility index (Phi) is 7.57. The van der Waals surface area contributed by atoms with E-state index in [1.807, 2.05) is 4.90 Å². The standard InChI is InChI=1S/C21H29F3N6O3/c1-28(13-17(8-25)27-26)20(32)30-11-15-9-29(10-16(15)12-30)19(31)7-4-14-2-5-18(6-3-14)33-21(22,23)24/h2-3,5-6,8,15-16,27H,4,7,9-13,25-26H2,1H3/b17-8-/t15-,16?/m0/s1. The van der Waals surface area contributed by atoms with Crippen LogP contribution in [-0.2, 0) is 11.2 Å². The zero-order chi connectivity index (χ0) is 24.2. The van der Waals surface area contributed by atoms with Gasteiger partial charge in [0.05, 0.1) is 12.2 Å². The van der Waals surface area contributed by atoms with Gasteiger partial charge in [-0.1, -0.05) is 12.1 Å². The number of nitrogens with one attached hydrogen (secondary N) is 1. The van der Waals surface area contributed by atoms with E-state index in [1.54, 1.807) is 11.9 Å². The Labute approximate surface area is 190 Å². The highest BCUT2D eigenvalue weighted by Crippen LogP contribution is 2.32. The van der Waals surface area contributed by atoms with Gasteiger partial charge in [-0.2, -0.15) is 0 Å². The summed E-state index contributed by atoms with van der Waals surface area (Å²) in [6.07, 6.45) is -2.72. The molecule has 2 fully saturated rings. The number of nitrogens with two attached hydrogens (primary N) is 2. The first-order chi connectivity index (χ1) is 15.6. The number of urea groups is 1. The number of aryl methyl sites for hydroxylation is 1. The molecule has 0 aliphatic carbocycles. The lowest BCUT2D eigenvalue weighted by Gasteiger charge is -2.27. The first-order valence-corrected chi connectivity index (χ1v) is 10.6. The highest BCUT2D eigenvalue weighted by Gasteiger charge is 2.43. The summed E-state index contributed by atoms with van der Waals surface area (Å²) in [5.74, 6) is 5.52. The second kappa shape index (κ2) is 10.2. The Morgan fingerprint density at radius 2 is 1.73 bits per heavy atom. The number of carbonyl (C=O) groups is 2. The van der Waals surface area contributed by atoms with Crippen molar-refractivity contribution in [3.05, 3.63) is 41.7 Å². The van der Waals surface area contributed by atoms with Gasteiger partial charge >= 0.3 is 12.4 Å². The third-order valence-electron chi connectivity index (χ3n) is 6.01. The number of benzene rings is 1. The average Bonchev–Trinajstić information content (AvgIpc) is 3.34. The summed E-state index contributed by atoms with van der Waals surface area (Å²) in [4.78, 5) is 30.5. The Bertz CT molecular complexity index is 863. The second-order valence-electron chi connectivity index (χ2n) is 8.39. The summed E-state index contributed by atoms with van der Waals surface area (Å²) in [7, 11) is 1.68. The van der Waals surface area contributed by atoms with E-state index < -0.39 is 6.36 Å². The van der Waals surface area contributed by atoms with Gasteiger partial charge in [0.2, 0.25) is 5.91 Å². The zero-order valence-corrected chi connectivity index (χ0v) is 18.3. The van der Waals surface area contributed by atoms with E-state index in [1.165, 1.54) is 35.4 Å².